The van der Waals surface area contributed by atoms with Crippen molar-refractivity contribution < 1.29 is 69.0 Å². The molecule has 10 atom stereocenters. The number of benzene rings is 1. The minimum Gasteiger partial charge on any atom is -0.493 e. The smallest absolute Gasteiger partial charge is 0.335 e. The van der Waals surface area contributed by atoms with E-state index < -0.39 is 74.0 Å². The van der Waals surface area contributed by atoms with Gasteiger partial charge in [0.2, 0.25) is 12.0 Å². The van der Waals surface area contributed by atoms with Crippen LogP contribution in [0, 0.1) is 0 Å². The molecule has 0 saturated carbocycles. The van der Waals surface area contributed by atoms with Crippen molar-refractivity contribution >= 4 is 5.97 Å². The molecule has 10 unspecified atom stereocenters. The maximum atomic E-state index is 11.3. The molecule has 2 fully saturated rings. The molecular weight excluding hydrogens is 476 g/mol. The average Bonchev–Trinajstić information content (AvgIpc) is 2.84. The maximum Gasteiger partial charge on any atom is 0.335 e. The monoisotopic (exact) mass is 506 g/mol. The molecule has 0 aromatic heterocycles. The molecule has 2 aliphatic heterocycles. The normalized spacial score (nSPS) is 37.5. The molecule has 0 radical (unpaired) electrons. The highest BCUT2D eigenvalue weighted by atomic mass is 16.7. The second kappa shape index (κ2) is 11.2. The lowest BCUT2D eigenvalue weighted by Crippen LogP contribution is -2.64. The van der Waals surface area contributed by atoms with Crippen LogP contribution in [0.3, 0.4) is 0 Å². The first-order chi connectivity index (χ1) is 16.5. The predicted molar refractivity (Wildman–Crippen MR) is 112 cm³/mol. The Balaban J connectivity index is 1.77. The van der Waals surface area contributed by atoms with Crippen molar-refractivity contribution in [2.75, 3.05) is 20.8 Å². The van der Waals surface area contributed by atoms with E-state index in [0.29, 0.717) is 0 Å². The van der Waals surface area contributed by atoms with Gasteiger partial charge in [0, 0.05) is 0 Å². The van der Waals surface area contributed by atoms with E-state index in [-0.39, 0.29) is 22.8 Å². The fraction of sp³-hybridized carbons (Fsp3) is 0.667. The van der Waals surface area contributed by atoms with Gasteiger partial charge < -0.3 is 64.2 Å². The molecule has 1 aromatic carbocycles. The van der Waals surface area contributed by atoms with Crippen molar-refractivity contribution in [3.63, 3.8) is 0 Å². The second-order valence-electron chi connectivity index (χ2n) is 8.12. The third-order valence-electron chi connectivity index (χ3n) is 5.86. The van der Waals surface area contributed by atoms with Gasteiger partial charge in [-0.25, -0.2) is 4.79 Å². The lowest BCUT2D eigenvalue weighted by molar-refractivity contribution is -0.349. The Morgan fingerprint density at radius 1 is 0.886 bits per heavy atom. The highest BCUT2D eigenvalue weighted by Crippen LogP contribution is 2.41. The molecule has 14 heteroatoms. The fourth-order valence-electron chi connectivity index (χ4n) is 3.86. The summed E-state index contributed by atoms with van der Waals surface area (Å²) in [5, 5.41) is 70.0. The zero-order chi connectivity index (χ0) is 26.0. The van der Waals surface area contributed by atoms with Crippen LogP contribution >= 0.6 is 0 Å². The number of carboxylic acid groups (broad SMARTS) is 1. The summed E-state index contributed by atoms with van der Waals surface area (Å²) in [5.41, 5.74) is -0.141. The van der Waals surface area contributed by atoms with Gasteiger partial charge in [-0.3, -0.25) is 0 Å². The molecule has 0 spiro atoms. The summed E-state index contributed by atoms with van der Waals surface area (Å²) in [4.78, 5) is 11.3. The minimum absolute atomic E-state index is 0.0283. The number of hydrogen-bond acceptors (Lipinski definition) is 13. The zero-order valence-electron chi connectivity index (χ0n) is 19.1. The number of carbonyl (C=O) groups is 1. The molecular formula is C21H30O14. The zero-order valence-corrected chi connectivity index (χ0v) is 19.1. The van der Waals surface area contributed by atoms with Crippen LogP contribution in [0.25, 0.3) is 0 Å². The number of aliphatic hydroxyl groups is 6. The highest BCUT2D eigenvalue weighted by molar-refractivity contribution is 5.89. The number of carboxylic acids is 1. The second-order valence-corrected chi connectivity index (χ2v) is 8.12. The van der Waals surface area contributed by atoms with E-state index >= 15 is 0 Å². The van der Waals surface area contributed by atoms with Gasteiger partial charge >= 0.3 is 5.97 Å². The van der Waals surface area contributed by atoms with Gasteiger partial charge in [-0.1, -0.05) is 0 Å². The van der Waals surface area contributed by atoms with Crippen molar-refractivity contribution in [2.45, 2.75) is 68.3 Å². The lowest BCUT2D eigenvalue weighted by Gasteiger charge is -2.45. The van der Waals surface area contributed by atoms with Crippen LogP contribution in [0.5, 0.6) is 17.2 Å². The summed E-state index contributed by atoms with van der Waals surface area (Å²) in [7, 11) is 2.54. The predicted octanol–water partition coefficient (Wildman–Crippen LogP) is -2.57. The van der Waals surface area contributed by atoms with Gasteiger partial charge in [0.15, 0.2) is 17.8 Å². The number of hydrogen-bond donors (Lipinski definition) is 7. The van der Waals surface area contributed by atoms with Gasteiger partial charge in [-0.2, -0.15) is 0 Å². The maximum absolute atomic E-state index is 11.3. The Hall–Kier alpha value is -2.27. The molecule has 0 aliphatic carbocycles. The first-order valence-electron chi connectivity index (χ1n) is 10.7. The Labute approximate surface area is 199 Å². The van der Waals surface area contributed by atoms with Crippen LogP contribution in [0.15, 0.2) is 12.1 Å². The number of aromatic carboxylic acids is 1. The summed E-state index contributed by atoms with van der Waals surface area (Å²) in [6.07, 6.45) is -14.9. The summed E-state index contributed by atoms with van der Waals surface area (Å²) in [5.74, 6) is -1.38. The molecule has 2 heterocycles. The van der Waals surface area contributed by atoms with Gasteiger partial charge in [0.1, 0.15) is 42.7 Å². The highest BCUT2D eigenvalue weighted by Gasteiger charge is 2.50. The average molecular weight is 506 g/mol. The van der Waals surface area contributed by atoms with Crippen molar-refractivity contribution in [2.24, 2.45) is 0 Å². The number of aliphatic hydroxyl groups excluding tert-OH is 6. The summed E-state index contributed by atoms with van der Waals surface area (Å²) < 4.78 is 32.6. The van der Waals surface area contributed by atoms with E-state index in [1.807, 2.05) is 0 Å². The van der Waals surface area contributed by atoms with E-state index in [1.165, 1.54) is 33.3 Å². The fourth-order valence-corrected chi connectivity index (χ4v) is 3.86. The molecule has 2 saturated heterocycles. The standard InChI is InChI=1S/C21H30O14/c1-7-17(34-21-15(26)13(24)12(23)11(6-22)33-21)14(25)16(27)20(32-7)35-18-9(30-2)4-8(19(28)29)5-10(18)31-3/h4-5,7,11-17,20-27H,6H2,1-3H3,(H,28,29). The molecule has 0 amide bonds. The Bertz CT molecular complexity index is 853. The van der Waals surface area contributed by atoms with Crippen LogP contribution in [0.1, 0.15) is 17.3 Å². The summed E-state index contributed by atoms with van der Waals surface area (Å²) >= 11 is 0. The first kappa shape index (κ1) is 27.3. The third-order valence-corrected chi connectivity index (χ3v) is 5.86. The number of methoxy groups -OCH3 is 2. The summed E-state index contributed by atoms with van der Waals surface area (Å²) in [6.45, 7) is 0.801. The van der Waals surface area contributed by atoms with Crippen molar-refractivity contribution in [3.05, 3.63) is 17.7 Å². The quantitative estimate of drug-likeness (QED) is 0.193. The van der Waals surface area contributed by atoms with Crippen molar-refractivity contribution in [1.82, 2.24) is 0 Å². The van der Waals surface area contributed by atoms with Gasteiger partial charge in [-0.15, -0.1) is 0 Å². The van der Waals surface area contributed by atoms with Gasteiger partial charge in [-0.05, 0) is 19.1 Å². The largest absolute Gasteiger partial charge is 0.493 e. The van der Waals surface area contributed by atoms with Crippen LogP contribution in [-0.2, 0) is 14.2 Å². The third kappa shape index (κ3) is 5.45. The molecule has 1 aromatic rings. The van der Waals surface area contributed by atoms with Crippen molar-refractivity contribution in [1.29, 1.82) is 0 Å². The summed E-state index contributed by atoms with van der Waals surface area (Å²) in [6, 6.07) is 2.36. The SMILES string of the molecule is COc1cc(C(=O)O)cc(OC)c1OC1OC(C)C(OC2OC(CO)C(O)C(O)C2O)C(O)C1O. The van der Waals surface area contributed by atoms with E-state index in [9.17, 15) is 40.5 Å². The number of rotatable bonds is 8. The van der Waals surface area contributed by atoms with Crippen molar-refractivity contribution in [3.8, 4) is 17.2 Å². The van der Waals surface area contributed by atoms with E-state index in [2.05, 4.69) is 0 Å². The first-order valence-corrected chi connectivity index (χ1v) is 10.7. The molecule has 2 aliphatic rings. The van der Waals surface area contributed by atoms with Gasteiger partial charge in [0.05, 0.1) is 32.5 Å². The van der Waals surface area contributed by atoms with Crippen LogP contribution in [0.4, 0.5) is 0 Å². The molecule has 14 nitrogen and oxygen atoms in total. The van der Waals surface area contributed by atoms with Crippen LogP contribution in [-0.4, -0.2) is 124 Å². The van der Waals surface area contributed by atoms with E-state index in [1.54, 1.807) is 0 Å². The van der Waals surface area contributed by atoms with Crippen LogP contribution < -0.4 is 14.2 Å². The molecule has 198 valence electrons. The molecule has 3 rings (SSSR count). The minimum atomic E-state index is -1.72. The Kier molecular flexibility index (Phi) is 8.74. The van der Waals surface area contributed by atoms with E-state index in [0.717, 1.165) is 0 Å². The van der Waals surface area contributed by atoms with E-state index in [4.69, 9.17) is 28.4 Å². The molecule has 35 heavy (non-hydrogen) atoms. The number of ether oxygens (including phenoxy) is 6. The Morgan fingerprint density at radius 3 is 1.97 bits per heavy atom. The molecule has 0 bridgehead atoms. The lowest BCUT2D eigenvalue weighted by atomic mass is 9.97. The Morgan fingerprint density at radius 2 is 1.46 bits per heavy atom. The van der Waals surface area contributed by atoms with Crippen LogP contribution in [0.2, 0.25) is 0 Å². The topological polar surface area (TPSA) is 214 Å². The van der Waals surface area contributed by atoms with Gasteiger partial charge in [0.25, 0.3) is 0 Å². The molecule has 7 N–H and O–H groups in total.